The van der Waals surface area contributed by atoms with Crippen molar-refractivity contribution in [2.24, 2.45) is 0 Å². The maximum absolute atomic E-state index is 13.6. The number of nitrogens with one attached hydrogen (secondary N) is 2. The van der Waals surface area contributed by atoms with Crippen molar-refractivity contribution in [2.45, 2.75) is 32.1 Å². The zero-order chi connectivity index (χ0) is 21.8. The standard InChI is InChI=1S/C21H20F2N6S2/c22-14-6-4-8-16(12-14)28-18(24-26-20(28)30)10-2-1-3-11-19-25-27-21(31)29(19)17-9-5-7-15(23)13-17/h4-9,12-13H,1-3,10-11H2,(H,26,30)(H,27,31). The Labute approximate surface area is 187 Å². The van der Waals surface area contributed by atoms with Gasteiger partial charge in [0.1, 0.15) is 23.3 Å². The van der Waals surface area contributed by atoms with Crippen LogP contribution in [0.1, 0.15) is 30.9 Å². The van der Waals surface area contributed by atoms with Crippen molar-refractivity contribution in [3.8, 4) is 11.4 Å². The molecular formula is C21H20F2N6S2. The molecule has 0 unspecified atom stereocenters. The Morgan fingerprint density at radius 2 is 1.16 bits per heavy atom. The smallest absolute Gasteiger partial charge is 0.199 e. The van der Waals surface area contributed by atoms with E-state index in [1.807, 2.05) is 0 Å². The van der Waals surface area contributed by atoms with Crippen LogP contribution in [0.5, 0.6) is 0 Å². The van der Waals surface area contributed by atoms with Crippen LogP contribution < -0.4 is 0 Å². The highest BCUT2D eigenvalue weighted by Gasteiger charge is 2.11. The van der Waals surface area contributed by atoms with Gasteiger partial charge in [-0.3, -0.25) is 19.3 Å². The first kappa shape index (κ1) is 21.3. The van der Waals surface area contributed by atoms with Crippen LogP contribution in [-0.4, -0.2) is 29.5 Å². The molecule has 0 aliphatic heterocycles. The highest BCUT2D eigenvalue weighted by atomic mass is 32.1. The molecule has 2 aromatic heterocycles. The lowest BCUT2D eigenvalue weighted by molar-refractivity contribution is 0.622. The minimum atomic E-state index is -0.321. The van der Waals surface area contributed by atoms with Gasteiger partial charge < -0.3 is 0 Å². The normalized spacial score (nSPS) is 11.2. The van der Waals surface area contributed by atoms with Crippen LogP contribution in [0.25, 0.3) is 11.4 Å². The molecule has 0 atom stereocenters. The summed E-state index contributed by atoms with van der Waals surface area (Å²) in [6, 6.07) is 12.6. The van der Waals surface area contributed by atoms with Gasteiger partial charge in [0, 0.05) is 12.8 Å². The monoisotopic (exact) mass is 458 g/mol. The molecule has 2 heterocycles. The molecule has 0 bridgehead atoms. The number of H-pyrrole nitrogens is 2. The number of hydrogen-bond acceptors (Lipinski definition) is 4. The van der Waals surface area contributed by atoms with Crippen LogP contribution in [0.3, 0.4) is 0 Å². The summed E-state index contributed by atoms with van der Waals surface area (Å²) < 4.78 is 31.6. The predicted octanol–water partition coefficient (Wildman–Crippen LogP) is 5.41. The number of aromatic amines is 2. The van der Waals surface area contributed by atoms with Crippen molar-refractivity contribution in [1.82, 2.24) is 29.5 Å². The van der Waals surface area contributed by atoms with Crippen molar-refractivity contribution in [3.05, 3.63) is 81.4 Å². The summed E-state index contributed by atoms with van der Waals surface area (Å²) in [7, 11) is 0. The van der Waals surface area contributed by atoms with Crippen molar-refractivity contribution in [1.29, 1.82) is 0 Å². The fourth-order valence-electron chi connectivity index (χ4n) is 3.50. The van der Waals surface area contributed by atoms with Gasteiger partial charge in [-0.1, -0.05) is 18.6 Å². The van der Waals surface area contributed by atoms with Gasteiger partial charge in [-0.2, -0.15) is 10.2 Å². The number of aryl methyl sites for hydroxylation is 2. The van der Waals surface area contributed by atoms with Crippen molar-refractivity contribution >= 4 is 24.4 Å². The highest BCUT2D eigenvalue weighted by Crippen LogP contribution is 2.17. The van der Waals surface area contributed by atoms with Gasteiger partial charge in [0.2, 0.25) is 0 Å². The quantitative estimate of drug-likeness (QED) is 0.274. The minimum Gasteiger partial charge on any atom is -0.272 e. The first-order chi connectivity index (χ1) is 15.0. The van der Waals surface area contributed by atoms with Gasteiger partial charge in [0.15, 0.2) is 9.54 Å². The lowest BCUT2D eigenvalue weighted by Crippen LogP contribution is -2.04. The van der Waals surface area contributed by atoms with Gasteiger partial charge in [-0.15, -0.1) is 0 Å². The van der Waals surface area contributed by atoms with Crippen molar-refractivity contribution < 1.29 is 8.78 Å². The van der Waals surface area contributed by atoms with E-state index < -0.39 is 0 Å². The summed E-state index contributed by atoms with van der Waals surface area (Å²) in [5.74, 6) is 0.882. The Hall–Kier alpha value is -2.98. The van der Waals surface area contributed by atoms with Gasteiger partial charge in [-0.25, -0.2) is 8.78 Å². The number of benzene rings is 2. The van der Waals surface area contributed by atoms with Crippen LogP contribution in [0.2, 0.25) is 0 Å². The van der Waals surface area contributed by atoms with Crippen molar-refractivity contribution in [3.63, 3.8) is 0 Å². The molecule has 0 aliphatic carbocycles. The van der Waals surface area contributed by atoms with E-state index >= 15 is 0 Å². The third kappa shape index (κ3) is 4.86. The average molecular weight is 459 g/mol. The minimum absolute atomic E-state index is 0.321. The number of halogens is 2. The maximum Gasteiger partial charge on any atom is 0.199 e. The van der Waals surface area contributed by atoms with Crippen LogP contribution in [0.15, 0.2) is 48.5 Å². The first-order valence-corrected chi connectivity index (χ1v) is 10.7. The third-order valence-electron chi connectivity index (χ3n) is 4.92. The van der Waals surface area contributed by atoms with Crippen LogP contribution in [0.4, 0.5) is 8.78 Å². The zero-order valence-electron chi connectivity index (χ0n) is 16.5. The molecule has 0 saturated carbocycles. The molecule has 0 fully saturated rings. The largest absolute Gasteiger partial charge is 0.272 e. The lowest BCUT2D eigenvalue weighted by Gasteiger charge is -2.08. The van der Waals surface area contributed by atoms with E-state index in [0.717, 1.165) is 30.9 Å². The molecular weight excluding hydrogens is 438 g/mol. The molecule has 0 amide bonds. The van der Waals surface area contributed by atoms with Crippen LogP contribution >= 0.6 is 24.4 Å². The van der Waals surface area contributed by atoms with E-state index in [1.165, 1.54) is 24.3 Å². The lowest BCUT2D eigenvalue weighted by atomic mass is 10.1. The maximum atomic E-state index is 13.6. The Morgan fingerprint density at radius 1 is 0.710 bits per heavy atom. The summed E-state index contributed by atoms with van der Waals surface area (Å²) in [5, 5.41) is 14.2. The van der Waals surface area contributed by atoms with E-state index in [0.29, 0.717) is 33.8 Å². The second-order valence-corrected chi connectivity index (χ2v) is 7.85. The molecule has 31 heavy (non-hydrogen) atoms. The summed E-state index contributed by atoms with van der Waals surface area (Å²) >= 11 is 10.6. The Morgan fingerprint density at radius 3 is 1.58 bits per heavy atom. The van der Waals surface area contributed by atoms with E-state index in [4.69, 9.17) is 24.4 Å². The molecule has 4 aromatic rings. The zero-order valence-corrected chi connectivity index (χ0v) is 18.1. The molecule has 2 aromatic carbocycles. The Balaban J connectivity index is 1.38. The van der Waals surface area contributed by atoms with Gasteiger partial charge in [0.05, 0.1) is 11.4 Å². The predicted molar refractivity (Wildman–Crippen MR) is 119 cm³/mol. The second-order valence-electron chi connectivity index (χ2n) is 7.08. The molecule has 6 nitrogen and oxygen atoms in total. The fraction of sp³-hybridized carbons (Fsp3) is 0.238. The van der Waals surface area contributed by atoms with E-state index in [2.05, 4.69) is 20.4 Å². The summed E-state index contributed by atoms with van der Waals surface area (Å²) in [5.41, 5.74) is 1.30. The van der Waals surface area contributed by atoms with E-state index in [9.17, 15) is 8.78 Å². The van der Waals surface area contributed by atoms with E-state index in [-0.39, 0.29) is 11.6 Å². The molecule has 0 aliphatic rings. The second kappa shape index (κ2) is 9.44. The van der Waals surface area contributed by atoms with Gasteiger partial charge >= 0.3 is 0 Å². The highest BCUT2D eigenvalue weighted by molar-refractivity contribution is 7.71. The fourth-order valence-corrected chi connectivity index (χ4v) is 4.01. The Kier molecular flexibility index (Phi) is 6.47. The number of hydrogen-bond donors (Lipinski definition) is 2. The molecule has 4 rings (SSSR count). The molecule has 2 N–H and O–H groups in total. The number of nitrogens with zero attached hydrogens (tertiary/aromatic N) is 4. The van der Waals surface area contributed by atoms with Crippen molar-refractivity contribution in [2.75, 3.05) is 0 Å². The molecule has 0 radical (unpaired) electrons. The molecule has 10 heteroatoms. The summed E-state index contributed by atoms with van der Waals surface area (Å²) in [4.78, 5) is 0. The van der Waals surface area contributed by atoms with Crippen LogP contribution in [0, 0.1) is 21.2 Å². The summed E-state index contributed by atoms with van der Waals surface area (Å²) in [6.07, 6.45) is 4.06. The Bertz CT molecular complexity index is 1200. The molecule has 160 valence electrons. The number of unbranched alkanes of at least 4 members (excludes halogenated alkanes) is 2. The topological polar surface area (TPSA) is 67.2 Å². The van der Waals surface area contributed by atoms with E-state index in [1.54, 1.807) is 33.4 Å². The SMILES string of the molecule is Fc1cccc(-n2c(CCCCCc3n[nH]c(=S)n3-c3cccc(F)c3)n[nH]c2=S)c1. The molecule has 0 spiro atoms. The number of rotatable bonds is 8. The van der Waals surface area contributed by atoms with Gasteiger partial charge in [0.25, 0.3) is 0 Å². The number of aromatic nitrogens is 6. The first-order valence-electron chi connectivity index (χ1n) is 9.87. The van der Waals surface area contributed by atoms with Crippen LogP contribution in [-0.2, 0) is 12.8 Å². The third-order valence-corrected chi connectivity index (χ3v) is 5.46. The van der Waals surface area contributed by atoms with Gasteiger partial charge in [-0.05, 0) is 73.7 Å². The average Bonchev–Trinajstić information content (AvgIpc) is 3.30. The molecule has 0 saturated heterocycles. The summed E-state index contributed by atoms with van der Waals surface area (Å²) in [6.45, 7) is 0.